The van der Waals surface area contributed by atoms with Gasteiger partial charge in [0.15, 0.2) is 0 Å². The van der Waals surface area contributed by atoms with Crippen LogP contribution in [0, 0.1) is 5.82 Å². The lowest BCUT2D eigenvalue weighted by molar-refractivity contribution is -0.150. The molecule has 1 atom stereocenters. The molecule has 2 heterocycles. The SMILES string of the molecule is CCOC(=O)[C@@H](C)N1C(=O)S/C(=C\c2cccn2-c2ccccc2F)C1=O. The molecule has 1 aromatic carbocycles. The van der Waals surface area contributed by atoms with Crippen LogP contribution in [0.5, 0.6) is 0 Å². The Labute approximate surface area is 159 Å². The normalized spacial score (nSPS) is 16.9. The molecule has 0 bridgehead atoms. The molecule has 0 spiro atoms. The first-order valence-corrected chi connectivity index (χ1v) is 9.11. The van der Waals surface area contributed by atoms with Crippen LogP contribution in [0.3, 0.4) is 0 Å². The van der Waals surface area contributed by atoms with Crippen molar-refractivity contribution < 1.29 is 23.5 Å². The number of carbonyl (C=O) groups is 3. The molecule has 1 saturated heterocycles. The molecule has 0 saturated carbocycles. The molecular weight excluding hydrogens is 371 g/mol. The van der Waals surface area contributed by atoms with Gasteiger partial charge >= 0.3 is 5.97 Å². The number of esters is 1. The van der Waals surface area contributed by atoms with E-state index in [1.165, 1.54) is 19.1 Å². The third kappa shape index (κ3) is 3.66. The first-order chi connectivity index (χ1) is 12.9. The lowest BCUT2D eigenvalue weighted by Gasteiger charge is -2.19. The number of benzene rings is 1. The molecule has 6 nitrogen and oxygen atoms in total. The van der Waals surface area contributed by atoms with Gasteiger partial charge in [0.1, 0.15) is 11.9 Å². The maximum atomic E-state index is 14.1. The van der Waals surface area contributed by atoms with E-state index >= 15 is 0 Å². The highest BCUT2D eigenvalue weighted by molar-refractivity contribution is 8.18. The number of hydrogen-bond acceptors (Lipinski definition) is 5. The van der Waals surface area contributed by atoms with Gasteiger partial charge in [-0.2, -0.15) is 0 Å². The Balaban J connectivity index is 1.91. The summed E-state index contributed by atoms with van der Waals surface area (Å²) in [4.78, 5) is 37.8. The van der Waals surface area contributed by atoms with E-state index in [2.05, 4.69) is 0 Å². The van der Waals surface area contributed by atoms with Gasteiger partial charge in [-0.3, -0.25) is 14.5 Å². The summed E-state index contributed by atoms with van der Waals surface area (Å²) in [7, 11) is 0. The van der Waals surface area contributed by atoms with Crippen molar-refractivity contribution in [1.29, 1.82) is 0 Å². The summed E-state index contributed by atoms with van der Waals surface area (Å²) < 4.78 is 20.6. The Bertz CT molecular complexity index is 937. The van der Waals surface area contributed by atoms with Crippen LogP contribution in [0.1, 0.15) is 19.5 Å². The number of aromatic nitrogens is 1. The molecule has 27 heavy (non-hydrogen) atoms. The van der Waals surface area contributed by atoms with E-state index in [9.17, 15) is 18.8 Å². The number of imide groups is 1. The number of ether oxygens (including phenoxy) is 1. The molecule has 1 aromatic heterocycles. The fourth-order valence-electron chi connectivity index (χ4n) is 2.69. The van der Waals surface area contributed by atoms with Crippen LogP contribution < -0.4 is 0 Å². The van der Waals surface area contributed by atoms with Crippen LogP contribution in [0.4, 0.5) is 9.18 Å². The second-order valence-electron chi connectivity index (χ2n) is 5.73. The Morgan fingerprint density at radius 2 is 2.00 bits per heavy atom. The molecule has 0 radical (unpaired) electrons. The quantitative estimate of drug-likeness (QED) is 0.578. The lowest BCUT2D eigenvalue weighted by atomic mass is 10.2. The van der Waals surface area contributed by atoms with E-state index in [4.69, 9.17) is 4.74 Å². The maximum Gasteiger partial charge on any atom is 0.329 e. The molecule has 1 aliphatic rings. The van der Waals surface area contributed by atoms with Gasteiger partial charge in [-0.25, -0.2) is 9.18 Å². The highest BCUT2D eigenvalue weighted by Crippen LogP contribution is 2.34. The van der Waals surface area contributed by atoms with Crippen LogP contribution >= 0.6 is 11.8 Å². The third-order valence-corrected chi connectivity index (χ3v) is 4.89. The van der Waals surface area contributed by atoms with E-state index in [1.54, 1.807) is 48.0 Å². The topological polar surface area (TPSA) is 68.6 Å². The number of halogens is 1. The highest BCUT2D eigenvalue weighted by Gasteiger charge is 2.41. The lowest BCUT2D eigenvalue weighted by Crippen LogP contribution is -2.42. The molecule has 2 amide bonds. The van der Waals surface area contributed by atoms with Gasteiger partial charge in [0.2, 0.25) is 0 Å². The Kier molecular flexibility index (Phi) is 5.46. The minimum atomic E-state index is -1.01. The smallest absolute Gasteiger partial charge is 0.329 e. The summed E-state index contributed by atoms with van der Waals surface area (Å²) in [5, 5.41) is -0.546. The van der Waals surface area contributed by atoms with Gasteiger partial charge in [0.25, 0.3) is 11.1 Å². The first kappa shape index (κ1) is 18.9. The summed E-state index contributed by atoms with van der Waals surface area (Å²) >= 11 is 0.736. The minimum absolute atomic E-state index is 0.158. The first-order valence-electron chi connectivity index (χ1n) is 8.30. The molecule has 0 unspecified atom stereocenters. The zero-order valence-electron chi connectivity index (χ0n) is 14.7. The van der Waals surface area contributed by atoms with E-state index in [0.717, 1.165) is 16.7 Å². The average molecular weight is 388 g/mol. The van der Waals surface area contributed by atoms with E-state index in [0.29, 0.717) is 11.4 Å². The van der Waals surface area contributed by atoms with Gasteiger partial charge in [-0.15, -0.1) is 0 Å². The van der Waals surface area contributed by atoms with E-state index in [1.807, 2.05) is 0 Å². The van der Waals surface area contributed by atoms with Gasteiger partial charge in [0.05, 0.1) is 17.2 Å². The minimum Gasteiger partial charge on any atom is -0.464 e. The molecule has 2 aromatic rings. The summed E-state index contributed by atoms with van der Waals surface area (Å²) in [5.74, 6) is -1.63. The number of amides is 2. The molecule has 8 heteroatoms. The summed E-state index contributed by atoms with van der Waals surface area (Å²) in [5.41, 5.74) is 0.863. The van der Waals surface area contributed by atoms with Crippen molar-refractivity contribution in [2.24, 2.45) is 0 Å². The fraction of sp³-hybridized carbons (Fsp3) is 0.211. The summed E-state index contributed by atoms with van der Waals surface area (Å²) in [6.07, 6.45) is 3.17. The number of para-hydroxylation sites is 1. The highest BCUT2D eigenvalue weighted by atomic mass is 32.2. The number of carbonyl (C=O) groups excluding carboxylic acids is 3. The Hall–Kier alpha value is -2.87. The standard InChI is InChI=1S/C19H17FN2O4S/c1-3-26-18(24)12(2)22-17(23)16(27-19(22)25)11-13-7-6-10-21(13)15-9-5-4-8-14(15)20/h4-12H,3H2,1-2H3/b16-11-/t12-/m1/s1. The maximum absolute atomic E-state index is 14.1. The van der Waals surface area contributed by atoms with Crippen molar-refractivity contribution in [3.8, 4) is 5.69 Å². The van der Waals surface area contributed by atoms with Crippen LogP contribution in [0.2, 0.25) is 0 Å². The second kappa shape index (κ2) is 7.79. The van der Waals surface area contributed by atoms with Crippen molar-refractivity contribution in [1.82, 2.24) is 9.47 Å². The van der Waals surface area contributed by atoms with Crippen LogP contribution in [-0.2, 0) is 14.3 Å². The molecule has 1 aliphatic heterocycles. The van der Waals surface area contributed by atoms with Crippen molar-refractivity contribution in [2.45, 2.75) is 19.9 Å². The second-order valence-corrected chi connectivity index (χ2v) is 6.73. The number of nitrogens with zero attached hydrogens (tertiary/aromatic N) is 2. The van der Waals surface area contributed by atoms with E-state index < -0.39 is 29.0 Å². The monoisotopic (exact) mass is 388 g/mol. The zero-order chi connectivity index (χ0) is 19.6. The number of hydrogen-bond donors (Lipinski definition) is 0. The van der Waals surface area contributed by atoms with E-state index in [-0.39, 0.29) is 11.5 Å². The zero-order valence-corrected chi connectivity index (χ0v) is 15.5. The Morgan fingerprint density at radius 1 is 1.26 bits per heavy atom. The fourth-order valence-corrected chi connectivity index (χ4v) is 3.59. The van der Waals surface area contributed by atoms with Crippen molar-refractivity contribution in [2.75, 3.05) is 6.61 Å². The molecular formula is C19H17FN2O4S. The molecule has 0 aliphatic carbocycles. The summed E-state index contributed by atoms with van der Waals surface area (Å²) in [6, 6.07) is 8.65. The Morgan fingerprint density at radius 3 is 2.70 bits per heavy atom. The van der Waals surface area contributed by atoms with Gasteiger partial charge in [-0.05, 0) is 56.0 Å². The number of rotatable bonds is 5. The predicted octanol–water partition coefficient (Wildman–Crippen LogP) is 3.60. The van der Waals surface area contributed by atoms with Crippen molar-refractivity contribution in [3.63, 3.8) is 0 Å². The van der Waals surface area contributed by atoms with Gasteiger partial charge in [-0.1, -0.05) is 12.1 Å². The van der Waals surface area contributed by atoms with Crippen molar-refractivity contribution >= 4 is 35.0 Å². The number of thioether (sulfide) groups is 1. The predicted molar refractivity (Wildman–Crippen MR) is 99.6 cm³/mol. The average Bonchev–Trinajstić information content (AvgIpc) is 3.20. The van der Waals surface area contributed by atoms with Crippen LogP contribution in [0.15, 0.2) is 47.5 Å². The molecule has 140 valence electrons. The van der Waals surface area contributed by atoms with Gasteiger partial charge in [0, 0.05) is 11.9 Å². The van der Waals surface area contributed by atoms with Crippen LogP contribution in [0.25, 0.3) is 11.8 Å². The third-order valence-electron chi connectivity index (χ3n) is 4.01. The van der Waals surface area contributed by atoms with Crippen LogP contribution in [-0.4, -0.2) is 39.2 Å². The van der Waals surface area contributed by atoms with Crippen molar-refractivity contribution in [3.05, 3.63) is 59.0 Å². The van der Waals surface area contributed by atoms with Gasteiger partial charge < -0.3 is 9.30 Å². The molecule has 0 N–H and O–H groups in total. The molecule has 1 fully saturated rings. The molecule has 3 rings (SSSR count). The summed E-state index contributed by atoms with van der Waals surface area (Å²) in [6.45, 7) is 3.25. The largest absolute Gasteiger partial charge is 0.464 e.